The minimum absolute atomic E-state index is 0.555. The maximum atomic E-state index is 6.10. The molecule has 0 saturated carbocycles. The molecule has 0 unspecified atom stereocenters. The van der Waals surface area contributed by atoms with E-state index in [2.05, 4.69) is 38.1 Å². The van der Waals surface area contributed by atoms with Crippen molar-refractivity contribution in [2.24, 2.45) is 0 Å². The molecule has 17 heavy (non-hydrogen) atoms. The van der Waals surface area contributed by atoms with Crippen LogP contribution in [0.4, 0.5) is 5.69 Å². The van der Waals surface area contributed by atoms with Gasteiger partial charge in [-0.3, -0.25) is 0 Å². The minimum Gasteiger partial charge on any atom is -0.398 e. The zero-order valence-electron chi connectivity index (χ0n) is 10.0. The molecule has 1 nitrogen and oxygen atoms in total. The van der Waals surface area contributed by atoms with Crippen LogP contribution in [0.15, 0.2) is 36.4 Å². The number of nitrogen functional groups attached to an aromatic ring is 1. The highest BCUT2D eigenvalue weighted by molar-refractivity contribution is 7.25. The normalized spacial score (nSPS) is 11.7. The van der Waals surface area contributed by atoms with Crippen LogP contribution < -0.4 is 5.73 Å². The third kappa shape index (κ3) is 1.60. The Morgan fingerprint density at radius 2 is 1.88 bits per heavy atom. The van der Waals surface area contributed by atoms with Gasteiger partial charge in [-0.1, -0.05) is 26.0 Å². The molecule has 2 N–H and O–H groups in total. The van der Waals surface area contributed by atoms with Gasteiger partial charge in [0.2, 0.25) is 0 Å². The number of thiophene rings is 1. The lowest BCUT2D eigenvalue weighted by molar-refractivity contribution is 0.869. The first kappa shape index (κ1) is 10.6. The zero-order valence-corrected chi connectivity index (χ0v) is 10.8. The predicted molar refractivity (Wildman–Crippen MR) is 77.8 cm³/mol. The second kappa shape index (κ2) is 3.74. The Labute approximate surface area is 105 Å². The van der Waals surface area contributed by atoms with E-state index in [1.165, 1.54) is 25.7 Å². The van der Waals surface area contributed by atoms with Crippen molar-refractivity contribution in [3.05, 3.63) is 42.0 Å². The maximum Gasteiger partial charge on any atom is 0.0408 e. The summed E-state index contributed by atoms with van der Waals surface area (Å²) >= 11 is 1.82. The average Bonchev–Trinajstić information content (AvgIpc) is 2.67. The van der Waals surface area contributed by atoms with Gasteiger partial charge in [-0.05, 0) is 35.7 Å². The van der Waals surface area contributed by atoms with Crippen LogP contribution in [-0.4, -0.2) is 0 Å². The largest absolute Gasteiger partial charge is 0.398 e. The van der Waals surface area contributed by atoms with Crippen LogP contribution >= 0.6 is 11.3 Å². The summed E-state index contributed by atoms with van der Waals surface area (Å²) in [5, 5.41) is 2.52. The van der Waals surface area contributed by atoms with E-state index in [9.17, 15) is 0 Å². The Kier molecular flexibility index (Phi) is 2.33. The van der Waals surface area contributed by atoms with E-state index in [0.717, 1.165) is 5.69 Å². The van der Waals surface area contributed by atoms with Crippen molar-refractivity contribution in [1.29, 1.82) is 0 Å². The summed E-state index contributed by atoms with van der Waals surface area (Å²) in [4.78, 5) is 0. The van der Waals surface area contributed by atoms with Crippen molar-refractivity contribution in [3.8, 4) is 0 Å². The first-order valence-corrected chi connectivity index (χ1v) is 6.69. The Bertz CT molecular complexity index is 695. The number of anilines is 1. The van der Waals surface area contributed by atoms with Crippen molar-refractivity contribution in [3.63, 3.8) is 0 Å². The highest BCUT2D eigenvalue weighted by Crippen LogP contribution is 2.38. The number of hydrogen-bond donors (Lipinski definition) is 1. The van der Waals surface area contributed by atoms with E-state index < -0.39 is 0 Å². The van der Waals surface area contributed by atoms with Crippen LogP contribution in [0.3, 0.4) is 0 Å². The zero-order chi connectivity index (χ0) is 12.0. The smallest absolute Gasteiger partial charge is 0.0408 e. The highest BCUT2D eigenvalue weighted by atomic mass is 32.1. The van der Waals surface area contributed by atoms with E-state index in [1.54, 1.807) is 0 Å². The van der Waals surface area contributed by atoms with Gasteiger partial charge in [0.05, 0.1) is 0 Å². The van der Waals surface area contributed by atoms with E-state index >= 15 is 0 Å². The third-order valence-electron chi connectivity index (χ3n) is 3.22. The van der Waals surface area contributed by atoms with Crippen molar-refractivity contribution in [2.75, 3.05) is 5.73 Å². The number of rotatable bonds is 1. The van der Waals surface area contributed by atoms with E-state index in [1.807, 2.05) is 23.5 Å². The average molecular weight is 241 g/mol. The van der Waals surface area contributed by atoms with Crippen LogP contribution in [-0.2, 0) is 0 Å². The van der Waals surface area contributed by atoms with E-state index in [4.69, 9.17) is 5.73 Å². The number of nitrogens with two attached hydrogens (primary N) is 1. The van der Waals surface area contributed by atoms with Crippen molar-refractivity contribution >= 4 is 37.2 Å². The monoisotopic (exact) mass is 241 g/mol. The molecule has 0 radical (unpaired) electrons. The summed E-state index contributed by atoms with van der Waals surface area (Å²) in [5.74, 6) is 0.555. The first-order valence-electron chi connectivity index (χ1n) is 5.87. The van der Waals surface area contributed by atoms with Crippen LogP contribution in [0, 0.1) is 0 Å². The van der Waals surface area contributed by atoms with Gasteiger partial charge >= 0.3 is 0 Å². The first-order chi connectivity index (χ1) is 8.16. The van der Waals surface area contributed by atoms with Gasteiger partial charge in [-0.2, -0.15) is 0 Å². The van der Waals surface area contributed by atoms with Crippen LogP contribution in [0.25, 0.3) is 20.2 Å². The summed E-state index contributed by atoms with van der Waals surface area (Å²) in [6.45, 7) is 4.44. The van der Waals surface area contributed by atoms with Crippen molar-refractivity contribution in [2.45, 2.75) is 19.8 Å². The van der Waals surface area contributed by atoms with Crippen LogP contribution in [0.2, 0.25) is 0 Å². The molecule has 0 fully saturated rings. The SMILES string of the molecule is CC(C)c1ccc2sc3cccc(N)c3c2c1. The summed E-state index contributed by atoms with van der Waals surface area (Å²) in [6.07, 6.45) is 0. The molecule has 0 aliphatic rings. The molecule has 3 rings (SSSR count). The second-order valence-corrected chi connectivity index (χ2v) is 5.82. The number of benzene rings is 2. The van der Waals surface area contributed by atoms with Gasteiger partial charge in [-0.15, -0.1) is 11.3 Å². The highest BCUT2D eigenvalue weighted by Gasteiger charge is 2.09. The molecule has 0 bridgehead atoms. The van der Waals surface area contributed by atoms with Gasteiger partial charge in [-0.25, -0.2) is 0 Å². The quantitative estimate of drug-likeness (QED) is 0.611. The van der Waals surface area contributed by atoms with Gasteiger partial charge in [0.25, 0.3) is 0 Å². The summed E-state index contributed by atoms with van der Waals surface area (Å²) < 4.78 is 2.60. The van der Waals surface area contributed by atoms with Gasteiger partial charge < -0.3 is 5.73 Å². The van der Waals surface area contributed by atoms with Gasteiger partial charge in [0, 0.05) is 25.9 Å². The molecular weight excluding hydrogens is 226 g/mol. The standard InChI is InChI=1S/C15H15NS/c1-9(2)10-6-7-13-11(8-10)15-12(16)4-3-5-14(15)17-13/h3-9H,16H2,1-2H3. The molecule has 0 saturated heterocycles. The van der Waals surface area contributed by atoms with E-state index in [-0.39, 0.29) is 0 Å². The number of fused-ring (bicyclic) bond motifs is 3. The molecule has 0 amide bonds. The molecule has 86 valence electrons. The minimum atomic E-state index is 0.555. The predicted octanol–water partition coefficient (Wildman–Crippen LogP) is 4.76. The summed E-state index contributed by atoms with van der Waals surface area (Å²) in [5.41, 5.74) is 8.36. The molecule has 3 aromatic rings. The molecule has 1 heterocycles. The Morgan fingerprint density at radius 1 is 1.06 bits per heavy atom. The topological polar surface area (TPSA) is 26.0 Å². The Balaban J connectivity index is 2.44. The molecule has 0 spiro atoms. The Hall–Kier alpha value is -1.54. The second-order valence-electron chi connectivity index (χ2n) is 4.73. The summed E-state index contributed by atoms with van der Waals surface area (Å²) in [7, 11) is 0. The Morgan fingerprint density at radius 3 is 2.65 bits per heavy atom. The van der Waals surface area contributed by atoms with Gasteiger partial charge in [0.1, 0.15) is 0 Å². The fourth-order valence-electron chi connectivity index (χ4n) is 2.23. The molecule has 2 aromatic carbocycles. The summed E-state index contributed by atoms with van der Waals surface area (Å²) in [6, 6.07) is 12.9. The molecule has 2 heteroatoms. The van der Waals surface area contributed by atoms with Gasteiger partial charge in [0.15, 0.2) is 0 Å². The van der Waals surface area contributed by atoms with Crippen molar-refractivity contribution in [1.82, 2.24) is 0 Å². The fraction of sp³-hybridized carbons (Fsp3) is 0.200. The molecule has 0 aliphatic heterocycles. The van der Waals surface area contributed by atoms with Crippen molar-refractivity contribution < 1.29 is 0 Å². The van der Waals surface area contributed by atoms with Crippen LogP contribution in [0.1, 0.15) is 25.3 Å². The van der Waals surface area contributed by atoms with E-state index in [0.29, 0.717) is 5.92 Å². The molecule has 0 atom stereocenters. The number of hydrogen-bond acceptors (Lipinski definition) is 2. The molecular formula is C15H15NS. The lowest BCUT2D eigenvalue weighted by Gasteiger charge is -2.05. The maximum absolute atomic E-state index is 6.10. The molecule has 0 aliphatic carbocycles. The third-order valence-corrected chi connectivity index (χ3v) is 4.35. The van der Waals surface area contributed by atoms with Crippen LogP contribution in [0.5, 0.6) is 0 Å². The fourth-order valence-corrected chi connectivity index (χ4v) is 3.35. The lowest BCUT2D eigenvalue weighted by Crippen LogP contribution is -1.87. The molecule has 1 aromatic heterocycles. The lowest BCUT2D eigenvalue weighted by atomic mass is 10.0.